The molecule has 0 saturated carbocycles. The van der Waals surface area contributed by atoms with Crippen LogP contribution in [0.2, 0.25) is 0 Å². The first-order valence-corrected chi connectivity index (χ1v) is 12.0. The summed E-state index contributed by atoms with van der Waals surface area (Å²) in [6.45, 7) is 3.68. The van der Waals surface area contributed by atoms with Crippen molar-refractivity contribution in [3.63, 3.8) is 0 Å². The Hall–Kier alpha value is -1.17. The number of carboxylic acid groups (broad SMARTS) is 1. The average Bonchev–Trinajstić information content (AvgIpc) is 2.70. The van der Waals surface area contributed by atoms with Gasteiger partial charge >= 0.3 is 5.97 Å². The molecule has 0 saturated heterocycles. The smallest absolute Gasteiger partial charge is 0.326 e. The third kappa shape index (κ3) is 7.54. The lowest BCUT2D eigenvalue weighted by Crippen LogP contribution is -2.59. The monoisotopic (exact) mass is 535 g/mol. The first kappa shape index (κ1) is 25.9. The number of carbonyl (C=O) groups is 3. The molecule has 29 heavy (non-hydrogen) atoms. The molecule has 0 aromatic heterocycles. The predicted octanol–water partition coefficient (Wildman–Crippen LogP) is 2.10. The van der Waals surface area contributed by atoms with Crippen molar-refractivity contribution in [3.05, 3.63) is 33.4 Å². The zero-order valence-corrected chi connectivity index (χ0v) is 20.0. The normalized spacial score (nSPS) is 15.2. The number of imide groups is 1. The minimum atomic E-state index is -1.29. The molecule has 0 radical (unpaired) electrons. The zero-order chi connectivity index (χ0) is 22.1. The van der Waals surface area contributed by atoms with Gasteiger partial charge in [0.2, 0.25) is 11.8 Å². The van der Waals surface area contributed by atoms with Gasteiger partial charge in [-0.2, -0.15) is 11.8 Å². The number of carboxylic acids is 1. The largest absolute Gasteiger partial charge is 0.480 e. The lowest BCUT2D eigenvalue weighted by Gasteiger charge is -2.32. The summed E-state index contributed by atoms with van der Waals surface area (Å²) in [4.78, 5) is 38.9. The molecule has 2 amide bonds. The molecule has 0 fully saturated rings. The maximum absolute atomic E-state index is 13.1. The fourth-order valence-electron chi connectivity index (χ4n) is 2.81. The summed E-state index contributed by atoms with van der Waals surface area (Å²) in [5, 5.41) is 9.71. The van der Waals surface area contributed by atoms with Crippen LogP contribution in [-0.4, -0.2) is 57.9 Å². The lowest BCUT2D eigenvalue weighted by atomic mass is 9.96. The quantitative estimate of drug-likeness (QED) is 0.371. The number of halogens is 1. The highest BCUT2D eigenvalue weighted by Crippen LogP contribution is 2.17. The van der Waals surface area contributed by atoms with Gasteiger partial charge in [-0.3, -0.25) is 14.5 Å². The molecular weight excluding hydrogens is 505 g/mol. The van der Waals surface area contributed by atoms with Crippen LogP contribution in [0, 0.1) is 9.49 Å². The van der Waals surface area contributed by atoms with Gasteiger partial charge in [0.25, 0.3) is 0 Å². The van der Waals surface area contributed by atoms with Gasteiger partial charge in [0.1, 0.15) is 6.04 Å². The highest BCUT2D eigenvalue weighted by molar-refractivity contribution is 14.1. The summed E-state index contributed by atoms with van der Waals surface area (Å²) in [6, 6.07) is 4.20. The van der Waals surface area contributed by atoms with Crippen molar-refractivity contribution in [2.75, 3.05) is 12.0 Å². The van der Waals surface area contributed by atoms with Crippen LogP contribution in [0.1, 0.15) is 32.3 Å². The molecule has 0 aliphatic rings. The topological polar surface area (TPSA) is 127 Å². The molecule has 1 rings (SSSR count). The summed E-state index contributed by atoms with van der Waals surface area (Å²) in [5.74, 6) is -2.34. The Kier molecular flexibility index (Phi) is 11.2. The van der Waals surface area contributed by atoms with Gasteiger partial charge in [-0.1, -0.05) is 32.4 Å². The number of benzene rings is 1. The van der Waals surface area contributed by atoms with Crippen LogP contribution in [0.25, 0.3) is 0 Å². The second kappa shape index (κ2) is 12.5. The number of hydrogen-bond acceptors (Lipinski definition) is 6. The van der Waals surface area contributed by atoms with Gasteiger partial charge in [-0.25, -0.2) is 4.79 Å². The van der Waals surface area contributed by atoms with Crippen molar-refractivity contribution in [1.29, 1.82) is 0 Å². The summed E-state index contributed by atoms with van der Waals surface area (Å²) in [6.07, 6.45) is 2.80. The van der Waals surface area contributed by atoms with Crippen LogP contribution in [0.3, 0.4) is 0 Å². The second-order valence-corrected chi connectivity index (χ2v) is 9.26. The number of carbonyl (C=O) groups excluding carboxylic acids is 2. The molecule has 0 bridgehead atoms. The van der Waals surface area contributed by atoms with E-state index in [-0.39, 0.29) is 18.8 Å². The molecule has 0 unspecified atom stereocenters. The molecule has 0 aliphatic carbocycles. The van der Waals surface area contributed by atoms with Crippen LogP contribution in [0.5, 0.6) is 0 Å². The number of amides is 2. The number of rotatable bonds is 11. The van der Waals surface area contributed by atoms with Gasteiger partial charge in [0, 0.05) is 3.57 Å². The molecule has 1 aromatic carbocycles. The number of thioether (sulfide) groups is 1. The van der Waals surface area contributed by atoms with Gasteiger partial charge in [0.05, 0.1) is 12.1 Å². The van der Waals surface area contributed by atoms with E-state index in [2.05, 4.69) is 22.6 Å². The molecule has 1 aromatic rings. The van der Waals surface area contributed by atoms with E-state index in [4.69, 9.17) is 11.5 Å². The molecule has 162 valence electrons. The van der Waals surface area contributed by atoms with Gasteiger partial charge in [-0.15, -0.1) is 0 Å². The van der Waals surface area contributed by atoms with E-state index in [9.17, 15) is 19.5 Å². The third-order valence-electron chi connectivity index (χ3n) is 4.90. The summed E-state index contributed by atoms with van der Waals surface area (Å²) in [5.41, 5.74) is 13.0. The Balaban J connectivity index is 3.18. The first-order valence-electron chi connectivity index (χ1n) is 9.48. The minimum absolute atomic E-state index is 0.136. The molecule has 9 heteroatoms. The Morgan fingerprint density at radius 1 is 1.17 bits per heavy atom. The van der Waals surface area contributed by atoms with Crippen molar-refractivity contribution in [3.8, 4) is 0 Å². The Bertz CT molecular complexity index is 701. The number of hydrogen-bond donors (Lipinski definition) is 3. The summed E-state index contributed by atoms with van der Waals surface area (Å²) in [7, 11) is 0. The maximum Gasteiger partial charge on any atom is 0.326 e. The fraction of sp³-hybridized carbons (Fsp3) is 0.550. The van der Waals surface area contributed by atoms with Crippen molar-refractivity contribution < 1.29 is 19.5 Å². The zero-order valence-electron chi connectivity index (χ0n) is 17.0. The molecule has 4 atom stereocenters. The molecule has 7 nitrogen and oxygen atoms in total. The first-order chi connectivity index (χ1) is 13.6. The van der Waals surface area contributed by atoms with Crippen molar-refractivity contribution in [1.82, 2.24) is 4.90 Å². The molecule has 0 aliphatic heterocycles. The molecular formula is C20H30IN3O4S. The highest BCUT2D eigenvalue weighted by Gasteiger charge is 2.39. The van der Waals surface area contributed by atoms with E-state index in [1.807, 2.05) is 37.4 Å². The van der Waals surface area contributed by atoms with Crippen molar-refractivity contribution in [2.45, 2.75) is 51.2 Å². The van der Waals surface area contributed by atoms with E-state index >= 15 is 0 Å². The SMILES string of the molecule is CC[C@H](C)[C@H](N)C(=O)N(C(=O)[C@@H](N)Cc1ccc(I)cc1)[C@@H](CCSC)C(=O)O. The average molecular weight is 535 g/mol. The van der Waals surface area contributed by atoms with E-state index in [1.54, 1.807) is 6.92 Å². The van der Waals surface area contributed by atoms with Gasteiger partial charge in [0.15, 0.2) is 0 Å². The molecule has 5 N–H and O–H groups in total. The predicted molar refractivity (Wildman–Crippen MR) is 125 cm³/mol. The second-order valence-electron chi connectivity index (χ2n) is 7.03. The third-order valence-corrected chi connectivity index (χ3v) is 6.26. The fourth-order valence-corrected chi connectivity index (χ4v) is 3.63. The van der Waals surface area contributed by atoms with E-state index < -0.39 is 35.9 Å². The van der Waals surface area contributed by atoms with E-state index in [0.29, 0.717) is 12.2 Å². The lowest BCUT2D eigenvalue weighted by molar-refractivity contribution is -0.159. The number of nitrogens with zero attached hydrogens (tertiary/aromatic N) is 1. The Labute approximate surface area is 190 Å². The van der Waals surface area contributed by atoms with Crippen molar-refractivity contribution >= 4 is 52.1 Å². The molecule has 0 heterocycles. The number of nitrogens with two attached hydrogens (primary N) is 2. The number of aliphatic carboxylic acids is 1. The van der Waals surface area contributed by atoms with Gasteiger partial charge < -0.3 is 16.6 Å². The Morgan fingerprint density at radius 2 is 1.76 bits per heavy atom. The van der Waals surface area contributed by atoms with Crippen LogP contribution >= 0.6 is 34.4 Å². The maximum atomic E-state index is 13.1. The highest BCUT2D eigenvalue weighted by atomic mass is 127. The van der Waals surface area contributed by atoms with Crippen LogP contribution in [0.15, 0.2) is 24.3 Å². The van der Waals surface area contributed by atoms with Crippen LogP contribution < -0.4 is 11.5 Å². The Morgan fingerprint density at radius 3 is 2.24 bits per heavy atom. The minimum Gasteiger partial charge on any atom is -0.480 e. The summed E-state index contributed by atoms with van der Waals surface area (Å²) >= 11 is 3.62. The van der Waals surface area contributed by atoms with Crippen LogP contribution in [0.4, 0.5) is 0 Å². The van der Waals surface area contributed by atoms with Crippen molar-refractivity contribution in [2.24, 2.45) is 17.4 Å². The summed E-state index contributed by atoms with van der Waals surface area (Å²) < 4.78 is 1.05. The van der Waals surface area contributed by atoms with E-state index in [1.165, 1.54) is 11.8 Å². The molecule has 0 spiro atoms. The van der Waals surface area contributed by atoms with E-state index in [0.717, 1.165) is 14.0 Å². The standard InChI is InChI=1S/C20H30IN3O4S/c1-4-12(2)17(23)19(26)24(16(20(27)28)9-10-29-3)18(25)15(22)11-13-5-7-14(21)8-6-13/h5-8,12,15-17H,4,9-11,22-23H2,1-3H3,(H,27,28)/t12-,15-,16-,17-/m0/s1. The van der Waals surface area contributed by atoms with Crippen LogP contribution in [-0.2, 0) is 20.8 Å². The van der Waals surface area contributed by atoms with Gasteiger partial charge in [-0.05, 0) is 71.1 Å².